The molecule has 0 bridgehead atoms. The number of hydrogen-bond donors (Lipinski definition) is 1. The molecule has 3 aromatic carbocycles. The minimum Gasteiger partial charge on any atom is -0.346 e. The summed E-state index contributed by atoms with van der Waals surface area (Å²) in [4.78, 5) is 12.7. The highest BCUT2D eigenvalue weighted by atomic mass is 32.2. The maximum atomic E-state index is 12.7. The van der Waals surface area contributed by atoms with Gasteiger partial charge >= 0.3 is 0 Å². The van der Waals surface area contributed by atoms with Crippen molar-refractivity contribution in [3.63, 3.8) is 0 Å². The van der Waals surface area contributed by atoms with Gasteiger partial charge in [-0.3, -0.25) is 9.10 Å². The monoisotopic (exact) mass is 450 g/mol. The van der Waals surface area contributed by atoms with Gasteiger partial charge in [-0.05, 0) is 74.2 Å². The fourth-order valence-electron chi connectivity index (χ4n) is 3.78. The first-order chi connectivity index (χ1) is 15.0. The zero-order chi connectivity index (χ0) is 23.5. The number of nitrogens with zero attached hydrogens (tertiary/aromatic N) is 1. The predicted octanol–water partition coefficient (Wildman–Crippen LogP) is 5.07. The molecular weight excluding hydrogens is 420 g/mol. The lowest BCUT2D eigenvalue weighted by Gasteiger charge is -2.23. The third kappa shape index (κ3) is 5.77. The molecule has 0 saturated heterocycles. The summed E-state index contributed by atoms with van der Waals surface area (Å²) in [5, 5.41) is 3.04. The van der Waals surface area contributed by atoms with E-state index in [2.05, 4.69) is 11.4 Å². The highest BCUT2D eigenvalue weighted by Crippen LogP contribution is 2.22. The van der Waals surface area contributed by atoms with Crippen molar-refractivity contribution in [2.45, 2.75) is 40.3 Å². The molecule has 3 rings (SSSR count). The van der Waals surface area contributed by atoms with Crippen LogP contribution in [0.2, 0.25) is 0 Å². The smallest absolute Gasteiger partial charge is 0.251 e. The first kappa shape index (κ1) is 23.5. The Morgan fingerprint density at radius 1 is 0.938 bits per heavy atom. The predicted molar refractivity (Wildman–Crippen MR) is 130 cm³/mol. The van der Waals surface area contributed by atoms with Crippen LogP contribution in [0.3, 0.4) is 0 Å². The van der Waals surface area contributed by atoms with Gasteiger partial charge < -0.3 is 5.32 Å². The maximum absolute atomic E-state index is 12.7. The van der Waals surface area contributed by atoms with Crippen molar-refractivity contribution in [2.75, 3.05) is 10.6 Å². The van der Waals surface area contributed by atoms with Crippen molar-refractivity contribution in [3.8, 4) is 0 Å². The van der Waals surface area contributed by atoms with Crippen LogP contribution >= 0.6 is 0 Å². The van der Waals surface area contributed by atoms with Gasteiger partial charge in [0.15, 0.2) is 0 Å². The molecule has 1 N–H and O–H groups in total. The molecule has 0 unspecified atom stereocenters. The van der Waals surface area contributed by atoms with Gasteiger partial charge in [-0.2, -0.15) is 0 Å². The second-order valence-electron chi connectivity index (χ2n) is 8.36. The third-order valence-corrected chi connectivity index (χ3v) is 6.61. The van der Waals surface area contributed by atoms with E-state index in [1.165, 1.54) is 16.1 Å². The van der Waals surface area contributed by atoms with Crippen LogP contribution in [0.5, 0.6) is 0 Å². The number of aryl methyl sites for hydroxylation is 3. The molecule has 0 aliphatic carbocycles. The molecule has 3 aromatic rings. The average Bonchev–Trinajstić information content (AvgIpc) is 2.71. The Kier molecular flexibility index (Phi) is 7.04. The van der Waals surface area contributed by atoms with Crippen LogP contribution < -0.4 is 9.62 Å². The fourth-order valence-corrected chi connectivity index (χ4v) is 4.66. The summed E-state index contributed by atoms with van der Waals surface area (Å²) < 4.78 is 26.2. The summed E-state index contributed by atoms with van der Waals surface area (Å²) in [6.07, 6.45) is 1.20. The maximum Gasteiger partial charge on any atom is 0.251 e. The Balaban J connectivity index is 1.74. The molecule has 0 aliphatic rings. The normalized spacial score (nSPS) is 12.3. The van der Waals surface area contributed by atoms with Crippen LogP contribution in [0.1, 0.15) is 51.1 Å². The van der Waals surface area contributed by atoms with E-state index in [9.17, 15) is 13.2 Å². The zero-order valence-electron chi connectivity index (χ0n) is 19.2. The minimum atomic E-state index is -3.46. The molecule has 5 nitrogen and oxygen atoms in total. The molecule has 0 saturated carbocycles. The molecule has 0 radical (unpaired) electrons. The first-order valence-electron chi connectivity index (χ1n) is 10.6. The van der Waals surface area contributed by atoms with Crippen molar-refractivity contribution in [1.82, 2.24) is 5.32 Å². The molecule has 0 aromatic heterocycles. The standard InChI is InChI=1S/C26H30N2O3S/c1-18-7-6-8-24(16-18)28(32(5,30)31)17-22-10-12-23(13-11-22)26(29)27-21(4)25-14-9-19(2)15-20(25)3/h6-16,21H,17H2,1-5H3,(H,27,29)/t21-/m1/s1. The SMILES string of the molecule is Cc1cccc(N(Cc2ccc(C(=O)N[C@H](C)c3ccc(C)cc3C)cc2)S(C)(=O)=O)c1. The van der Waals surface area contributed by atoms with Crippen molar-refractivity contribution in [3.05, 3.63) is 100 Å². The van der Waals surface area contributed by atoms with Crippen molar-refractivity contribution < 1.29 is 13.2 Å². The van der Waals surface area contributed by atoms with E-state index in [0.717, 1.165) is 22.3 Å². The summed E-state index contributed by atoms with van der Waals surface area (Å²) in [6, 6.07) is 20.5. The first-order valence-corrected chi connectivity index (χ1v) is 12.4. The summed E-state index contributed by atoms with van der Waals surface area (Å²) in [6.45, 7) is 8.18. The third-order valence-electron chi connectivity index (χ3n) is 5.47. The Morgan fingerprint density at radius 3 is 2.19 bits per heavy atom. The van der Waals surface area contributed by atoms with Crippen LogP contribution in [-0.2, 0) is 16.6 Å². The number of sulfonamides is 1. The van der Waals surface area contributed by atoms with E-state index in [0.29, 0.717) is 11.3 Å². The minimum absolute atomic E-state index is 0.121. The van der Waals surface area contributed by atoms with Crippen LogP contribution in [-0.4, -0.2) is 20.6 Å². The van der Waals surface area contributed by atoms with Crippen LogP contribution in [0.25, 0.3) is 0 Å². The van der Waals surface area contributed by atoms with Gasteiger partial charge in [0.1, 0.15) is 0 Å². The molecule has 6 heteroatoms. The lowest BCUT2D eigenvalue weighted by Crippen LogP contribution is -2.29. The van der Waals surface area contributed by atoms with Crippen molar-refractivity contribution >= 4 is 21.6 Å². The van der Waals surface area contributed by atoms with Gasteiger partial charge in [0, 0.05) is 5.56 Å². The topological polar surface area (TPSA) is 66.5 Å². The van der Waals surface area contributed by atoms with E-state index in [1.807, 2.05) is 58.0 Å². The van der Waals surface area contributed by atoms with E-state index in [4.69, 9.17) is 0 Å². The Labute approximate surface area is 191 Å². The molecule has 0 fully saturated rings. The molecule has 1 amide bonds. The molecular formula is C26H30N2O3S. The van der Waals surface area contributed by atoms with Gasteiger partial charge in [-0.1, -0.05) is 48.0 Å². The molecule has 0 aliphatic heterocycles. The van der Waals surface area contributed by atoms with E-state index >= 15 is 0 Å². The van der Waals surface area contributed by atoms with Crippen LogP contribution in [0.4, 0.5) is 5.69 Å². The highest BCUT2D eigenvalue weighted by Gasteiger charge is 2.19. The highest BCUT2D eigenvalue weighted by molar-refractivity contribution is 7.92. The van der Waals surface area contributed by atoms with Crippen molar-refractivity contribution in [1.29, 1.82) is 0 Å². The Morgan fingerprint density at radius 2 is 1.59 bits per heavy atom. The van der Waals surface area contributed by atoms with Crippen LogP contribution in [0, 0.1) is 20.8 Å². The summed E-state index contributed by atoms with van der Waals surface area (Å²) in [5.41, 5.74) is 6.36. The number of benzene rings is 3. The summed E-state index contributed by atoms with van der Waals surface area (Å²) in [7, 11) is -3.46. The summed E-state index contributed by atoms with van der Waals surface area (Å²) in [5.74, 6) is -0.164. The van der Waals surface area contributed by atoms with E-state index in [-0.39, 0.29) is 18.5 Å². The van der Waals surface area contributed by atoms with Crippen molar-refractivity contribution in [2.24, 2.45) is 0 Å². The van der Waals surface area contributed by atoms with Crippen LogP contribution in [0.15, 0.2) is 66.7 Å². The summed E-state index contributed by atoms with van der Waals surface area (Å²) >= 11 is 0. The Bertz CT molecular complexity index is 1220. The lowest BCUT2D eigenvalue weighted by molar-refractivity contribution is 0.0940. The quantitative estimate of drug-likeness (QED) is 0.547. The molecule has 0 spiro atoms. The number of amides is 1. The second kappa shape index (κ2) is 9.57. The lowest BCUT2D eigenvalue weighted by atomic mass is 10.00. The van der Waals surface area contributed by atoms with Gasteiger partial charge in [0.25, 0.3) is 5.91 Å². The number of anilines is 1. The van der Waals surface area contributed by atoms with Gasteiger partial charge in [-0.25, -0.2) is 8.42 Å². The number of carbonyl (C=O) groups excluding carboxylic acids is 1. The number of hydrogen-bond acceptors (Lipinski definition) is 3. The fraction of sp³-hybridized carbons (Fsp3) is 0.269. The number of rotatable bonds is 7. The second-order valence-corrected chi connectivity index (χ2v) is 10.3. The molecule has 168 valence electrons. The van der Waals surface area contributed by atoms with E-state index in [1.54, 1.807) is 30.3 Å². The largest absolute Gasteiger partial charge is 0.346 e. The molecule has 1 atom stereocenters. The van der Waals surface area contributed by atoms with Gasteiger partial charge in [0.2, 0.25) is 10.0 Å². The van der Waals surface area contributed by atoms with Gasteiger partial charge in [0.05, 0.1) is 24.5 Å². The number of nitrogens with one attached hydrogen (secondary N) is 1. The van der Waals surface area contributed by atoms with E-state index < -0.39 is 10.0 Å². The zero-order valence-corrected chi connectivity index (χ0v) is 20.0. The van der Waals surface area contributed by atoms with Gasteiger partial charge in [-0.15, -0.1) is 0 Å². The Hall–Kier alpha value is -3.12. The number of carbonyl (C=O) groups is 1. The molecule has 32 heavy (non-hydrogen) atoms. The average molecular weight is 451 g/mol. The molecule has 0 heterocycles.